The van der Waals surface area contributed by atoms with Crippen LogP contribution in [0.4, 0.5) is 0 Å². The van der Waals surface area contributed by atoms with E-state index in [1.165, 1.54) is 22.0 Å². The van der Waals surface area contributed by atoms with Gasteiger partial charge in [-0.05, 0) is 41.2 Å². The lowest BCUT2D eigenvalue weighted by molar-refractivity contribution is 1.18. The fraction of sp³-hybridized carbons (Fsp3) is 0. The van der Waals surface area contributed by atoms with E-state index in [-0.39, 0.29) is 0 Å². The maximum absolute atomic E-state index is 4.32. The van der Waals surface area contributed by atoms with Crippen molar-refractivity contribution in [2.75, 3.05) is 0 Å². The SMILES string of the molecule is [c]1ccccc1Sc1c(-c2cccs2)ccc2snnc12. The van der Waals surface area contributed by atoms with E-state index < -0.39 is 0 Å². The summed E-state index contributed by atoms with van der Waals surface area (Å²) in [5.74, 6) is 0. The molecular formula is C16H9N2S3. The normalized spacial score (nSPS) is 11.0. The summed E-state index contributed by atoms with van der Waals surface area (Å²) < 4.78 is 5.22. The predicted octanol–water partition coefficient (Wildman–Crippen LogP) is 5.37. The molecule has 0 N–H and O–H groups in total. The van der Waals surface area contributed by atoms with Crippen molar-refractivity contribution >= 4 is 44.8 Å². The van der Waals surface area contributed by atoms with Gasteiger partial charge in [-0.2, -0.15) is 0 Å². The van der Waals surface area contributed by atoms with E-state index in [2.05, 4.69) is 51.4 Å². The Morgan fingerprint density at radius 2 is 2.05 bits per heavy atom. The van der Waals surface area contributed by atoms with Crippen LogP contribution in [0.5, 0.6) is 0 Å². The monoisotopic (exact) mass is 325 g/mol. The third-order valence-corrected chi connectivity index (χ3v) is 5.74. The van der Waals surface area contributed by atoms with E-state index in [1.807, 2.05) is 18.2 Å². The van der Waals surface area contributed by atoms with Crippen LogP contribution in [0.3, 0.4) is 0 Å². The maximum Gasteiger partial charge on any atom is 0.120 e. The molecule has 21 heavy (non-hydrogen) atoms. The van der Waals surface area contributed by atoms with Crippen molar-refractivity contribution in [1.29, 1.82) is 0 Å². The molecule has 4 rings (SSSR count). The highest BCUT2D eigenvalue weighted by atomic mass is 32.2. The average molecular weight is 325 g/mol. The second-order valence-electron chi connectivity index (χ2n) is 4.37. The summed E-state index contributed by atoms with van der Waals surface area (Å²) in [5.41, 5.74) is 2.20. The topological polar surface area (TPSA) is 25.8 Å². The van der Waals surface area contributed by atoms with Crippen LogP contribution >= 0.6 is 34.6 Å². The lowest BCUT2D eigenvalue weighted by Crippen LogP contribution is -1.83. The molecule has 4 aromatic rings. The molecular weight excluding hydrogens is 316 g/mol. The van der Waals surface area contributed by atoms with Crippen molar-refractivity contribution in [3.63, 3.8) is 0 Å². The zero-order valence-corrected chi connectivity index (χ0v) is 13.3. The lowest BCUT2D eigenvalue weighted by atomic mass is 10.2. The number of hydrogen-bond donors (Lipinski definition) is 0. The highest BCUT2D eigenvalue weighted by Crippen LogP contribution is 2.41. The highest BCUT2D eigenvalue weighted by molar-refractivity contribution is 7.99. The molecule has 0 saturated carbocycles. The third-order valence-electron chi connectivity index (χ3n) is 3.05. The van der Waals surface area contributed by atoms with E-state index in [0.717, 1.165) is 20.0 Å². The molecule has 0 saturated heterocycles. The van der Waals surface area contributed by atoms with Crippen LogP contribution in [0, 0.1) is 6.07 Å². The molecule has 0 aliphatic heterocycles. The molecule has 0 amide bonds. The van der Waals surface area contributed by atoms with Crippen molar-refractivity contribution in [2.24, 2.45) is 0 Å². The summed E-state index contributed by atoms with van der Waals surface area (Å²) in [6.45, 7) is 0. The molecule has 5 heteroatoms. The van der Waals surface area contributed by atoms with Crippen LogP contribution < -0.4 is 0 Å². The molecule has 2 heterocycles. The summed E-state index contributed by atoms with van der Waals surface area (Å²) in [5, 5.41) is 6.42. The molecule has 2 aromatic heterocycles. The van der Waals surface area contributed by atoms with Crippen LogP contribution in [-0.4, -0.2) is 9.59 Å². The molecule has 0 unspecified atom stereocenters. The van der Waals surface area contributed by atoms with Crippen LogP contribution in [0.25, 0.3) is 20.7 Å². The number of hydrogen-bond acceptors (Lipinski definition) is 5. The Balaban J connectivity index is 1.91. The largest absolute Gasteiger partial charge is 0.144 e. The summed E-state index contributed by atoms with van der Waals surface area (Å²) in [6.07, 6.45) is 0. The Hall–Kier alpha value is -1.69. The van der Waals surface area contributed by atoms with Gasteiger partial charge in [0.15, 0.2) is 0 Å². The molecule has 0 aliphatic rings. The third kappa shape index (κ3) is 2.48. The first-order valence-electron chi connectivity index (χ1n) is 6.35. The Morgan fingerprint density at radius 1 is 1.05 bits per heavy atom. The number of nitrogens with zero attached hydrogens (tertiary/aromatic N) is 2. The van der Waals surface area contributed by atoms with Crippen molar-refractivity contribution in [1.82, 2.24) is 9.59 Å². The minimum absolute atomic E-state index is 0.980. The molecule has 0 fully saturated rings. The summed E-state index contributed by atoms with van der Waals surface area (Å²) in [4.78, 5) is 3.50. The van der Waals surface area contributed by atoms with Gasteiger partial charge in [0.05, 0.1) is 9.60 Å². The number of rotatable bonds is 3. The van der Waals surface area contributed by atoms with Gasteiger partial charge in [-0.1, -0.05) is 46.6 Å². The zero-order valence-electron chi connectivity index (χ0n) is 10.8. The van der Waals surface area contributed by atoms with E-state index in [4.69, 9.17) is 0 Å². The predicted molar refractivity (Wildman–Crippen MR) is 90.1 cm³/mol. The van der Waals surface area contributed by atoms with Gasteiger partial charge in [-0.25, -0.2) is 0 Å². The minimum Gasteiger partial charge on any atom is -0.144 e. The van der Waals surface area contributed by atoms with E-state index in [1.54, 1.807) is 23.1 Å². The minimum atomic E-state index is 0.980. The first-order chi connectivity index (χ1) is 10.4. The Labute approximate surface area is 134 Å². The lowest BCUT2D eigenvalue weighted by Gasteiger charge is -2.08. The number of benzene rings is 2. The van der Waals surface area contributed by atoms with Gasteiger partial charge >= 0.3 is 0 Å². The van der Waals surface area contributed by atoms with Gasteiger partial charge in [0, 0.05) is 15.3 Å². The first kappa shape index (κ1) is 13.0. The molecule has 1 radical (unpaired) electrons. The van der Waals surface area contributed by atoms with Crippen molar-refractivity contribution in [2.45, 2.75) is 9.79 Å². The highest BCUT2D eigenvalue weighted by Gasteiger charge is 2.14. The molecule has 0 atom stereocenters. The van der Waals surface area contributed by atoms with Crippen LogP contribution in [0.2, 0.25) is 0 Å². The maximum atomic E-state index is 4.32. The summed E-state index contributed by atoms with van der Waals surface area (Å²) in [6, 6.07) is 19.8. The second-order valence-corrected chi connectivity index (χ2v) is 7.15. The number of fused-ring (bicyclic) bond motifs is 1. The van der Waals surface area contributed by atoms with E-state index >= 15 is 0 Å². The van der Waals surface area contributed by atoms with Gasteiger partial charge in [0.1, 0.15) is 5.52 Å². The Morgan fingerprint density at radius 3 is 2.86 bits per heavy atom. The average Bonchev–Trinajstić information content (AvgIpc) is 3.20. The molecule has 0 spiro atoms. The van der Waals surface area contributed by atoms with Gasteiger partial charge in [0.2, 0.25) is 0 Å². The summed E-state index contributed by atoms with van der Waals surface area (Å²) in [7, 11) is 0. The zero-order chi connectivity index (χ0) is 14.1. The first-order valence-corrected chi connectivity index (χ1v) is 8.82. The molecule has 2 nitrogen and oxygen atoms in total. The van der Waals surface area contributed by atoms with Crippen LogP contribution in [0.15, 0.2) is 63.7 Å². The van der Waals surface area contributed by atoms with E-state index in [9.17, 15) is 0 Å². The van der Waals surface area contributed by atoms with Crippen molar-refractivity contribution < 1.29 is 0 Å². The second kappa shape index (κ2) is 5.60. The van der Waals surface area contributed by atoms with Crippen molar-refractivity contribution in [3.8, 4) is 10.4 Å². The van der Waals surface area contributed by atoms with Gasteiger partial charge in [-0.15, -0.1) is 16.4 Å². The van der Waals surface area contributed by atoms with Crippen LogP contribution in [-0.2, 0) is 0 Å². The Kier molecular flexibility index (Phi) is 3.47. The number of thiophene rings is 1. The molecule has 2 aromatic carbocycles. The smallest absolute Gasteiger partial charge is 0.120 e. The van der Waals surface area contributed by atoms with Gasteiger partial charge < -0.3 is 0 Å². The fourth-order valence-electron chi connectivity index (χ4n) is 2.11. The Bertz CT molecular complexity index is 867. The van der Waals surface area contributed by atoms with Gasteiger partial charge in [0.25, 0.3) is 0 Å². The van der Waals surface area contributed by atoms with E-state index in [0.29, 0.717) is 0 Å². The van der Waals surface area contributed by atoms with Crippen molar-refractivity contribution in [3.05, 3.63) is 60.0 Å². The molecule has 0 aliphatic carbocycles. The standard InChI is InChI=1S/C16H9N2S3/c1-2-5-11(6-3-1)20-16-12(13-7-4-10-19-13)8-9-14-15(16)17-18-21-14/h1-5,7-10H. The quantitative estimate of drug-likeness (QED) is 0.506. The van der Waals surface area contributed by atoms with Gasteiger partial charge in [-0.3, -0.25) is 0 Å². The summed E-state index contributed by atoms with van der Waals surface area (Å²) >= 11 is 4.88. The number of aromatic nitrogens is 2. The van der Waals surface area contributed by atoms with Crippen LogP contribution in [0.1, 0.15) is 0 Å². The molecule has 0 bridgehead atoms. The fourth-order valence-corrected chi connectivity index (χ4v) is 4.59. The molecule has 101 valence electrons.